The van der Waals surface area contributed by atoms with Crippen LogP contribution in [0.15, 0.2) is 88.8 Å². The number of carbonyl (C=O) groups excluding carboxylic acids is 1. The monoisotopic (exact) mass is 574 g/mol. The lowest BCUT2D eigenvalue weighted by Gasteiger charge is -2.14. The van der Waals surface area contributed by atoms with Gasteiger partial charge in [-0.15, -0.1) is 0 Å². The summed E-state index contributed by atoms with van der Waals surface area (Å²) in [6.07, 6.45) is 3.70. The van der Waals surface area contributed by atoms with Crippen molar-refractivity contribution in [1.82, 2.24) is 4.98 Å². The number of nitrogens with one attached hydrogen (secondary N) is 1. The molecule has 0 atom stereocenters. The summed E-state index contributed by atoms with van der Waals surface area (Å²) in [6.45, 7) is 0. The van der Waals surface area contributed by atoms with Gasteiger partial charge in [0.25, 0.3) is 5.91 Å². The number of hydrogen-bond donors (Lipinski definition) is 1. The number of carbonyl (C=O) groups is 1. The van der Waals surface area contributed by atoms with Crippen LogP contribution in [0.2, 0.25) is 10.0 Å². The molecule has 1 amide bonds. The van der Waals surface area contributed by atoms with Crippen molar-refractivity contribution in [2.75, 3.05) is 17.8 Å². The lowest BCUT2D eigenvalue weighted by molar-refractivity contribution is 0.102. The Kier molecular flexibility index (Phi) is 7.43. The summed E-state index contributed by atoms with van der Waals surface area (Å²) in [4.78, 5) is 17.6. The van der Waals surface area contributed by atoms with Crippen LogP contribution in [0.1, 0.15) is 10.4 Å². The molecular weight excluding hydrogens is 555 g/mol. The highest BCUT2D eigenvalue weighted by Gasteiger charge is 2.20. The Balaban J connectivity index is 1.82. The molecule has 190 valence electrons. The van der Waals surface area contributed by atoms with E-state index in [1.807, 2.05) is 6.07 Å². The van der Waals surface area contributed by atoms with Crippen molar-refractivity contribution in [2.45, 2.75) is 9.79 Å². The maximum Gasteiger partial charge on any atom is 0.256 e. The first-order chi connectivity index (χ1) is 17.3. The SMILES string of the molecule is CS(=O)(=O)c1cc(Cl)cc(-c2cc(S(C)(=O)=O)ccc2C(=O)Nc2ccc(Cl)c(-c3ccccn3)c2)c1. The standard InChI is InChI=1S/C26H20Cl2N2O5S2/c1-36(32,33)19-7-8-21(22(15-19)16-11-17(27)13-20(12-16)37(2,34)35)26(31)30-18-6-9-24(28)23(14-18)25-5-3-4-10-29-25/h3-15H,1-2H3,(H,30,31). The number of benzene rings is 3. The molecule has 1 aromatic heterocycles. The summed E-state index contributed by atoms with van der Waals surface area (Å²) in [5.41, 5.74) is 2.24. The molecule has 7 nitrogen and oxygen atoms in total. The van der Waals surface area contributed by atoms with Crippen molar-refractivity contribution in [3.63, 3.8) is 0 Å². The number of halogens is 2. The molecule has 11 heteroatoms. The van der Waals surface area contributed by atoms with E-state index < -0.39 is 25.6 Å². The van der Waals surface area contributed by atoms with Crippen LogP contribution in [-0.2, 0) is 19.7 Å². The van der Waals surface area contributed by atoms with Gasteiger partial charge in [0.15, 0.2) is 19.7 Å². The van der Waals surface area contributed by atoms with Gasteiger partial charge in [-0.05, 0) is 77.9 Å². The van der Waals surface area contributed by atoms with Crippen LogP contribution in [0.3, 0.4) is 0 Å². The fourth-order valence-corrected chi connectivity index (χ4v) is 5.49. The Labute approximate surface area is 224 Å². The molecule has 0 fully saturated rings. The number of hydrogen-bond acceptors (Lipinski definition) is 6. The molecule has 0 unspecified atom stereocenters. The smallest absolute Gasteiger partial charge is 0.256 e. The van der Waals surface area contributed by atoms with Crippen LogP contribution in [0.4, 0.5) is 5.69 Å². The molecule has 4 rings (SSSR count). The molecule has 0 aliphatic heterocycles. The van der Waals surface area contributed by atoms with Gasteiger partial charge in [-0.3, -0.25) is 9.78 Å². The number of amides is 1. The number of anilines is 1. The molecular formula is C26H20Cl2N2O5S2. The largest absolute Gasteiger partial charge is 0.322 e. The highest BCUT2D eigenvalue weighted by Crippen LogP contribution is 2.33. The number of nitrogens with zero attached hydrogens (tertiary/aromatic N) is 1. The lowest BCUT2D eigenvalue weighted by atomic mass is 9.99. The Hall–Kier alpha value is -3.24. The van der Waals surface area contributed by atoms with E-state index in [1.165, 1.54) is 36.4 Å². The summed E-state index contributed by atoms with van der Waals surface area (Å²) >= 11 is 12.5. The van der Waals surface area contributed by atoms with Gasteiger partial charge in [0.1, 0.15) is 0 Å². The molecule has 0 saturated carbocycles. The number of pyridine rings is 1. The van der Waals surface area contributed by atoms with Crippen molar-refractivity contribution < 1.29 is 21.6 Å². The minimum absolute atomic E-state index is 0.0381. The molecule has 0 saturated heterocycles. The molecule has 1 N–H and O–H groups in total. The van der Waals surface area contributed by atoms with E-state index in [0.29, 0.717) is 22.0 Å². The minimum Gasteiger partial charge on any atom is -0.322 e. The van der Waals surface area contributed by atoms with E-state index in [9.17, 15) is 21.6 Å². The van der Waals surface area contributed by atoms with Gasteiger partial charge in [0.05, 0.1) is 20.5 Å². The molecule has 3 aromatic carbocycles. The van der Waals surface area contributed by atoms with Crippen LogP contribution in [0, 0.1) is 0 Å². The van der Waals surface area contributed by atoms with E-state index in [2.05, 4.69) is 10.3 Å². The van der Waals surface area contributed by atoms with Crippen LogP contribution < -0.4 is 5.32 Å². The summed E-state index contributed by atoms with van der Waals surface area (Å²) in [5.74, 6) is -0.551. The van der Waals surface area contributed by atoms with Crippen LogP contribution in [0.25, 0.3) is 22.4 Å². The van der Waals surface area contributed by atoms with E-state index in [0.717, 1.165) is 12.5 Å². The number of aromatic nitrogens is 1. The van der Waals surface area contributed by atoms with E-state index in [4.69, 9.17) is 23.2 Å². The third-order valence-electron chi connectivity index (χ3n) is 5.44. The molecule has 1 heterocycles. The Bertz CT molecular complexity index is 1740. The molecule has 0 spiro atoms. The summed E-state index contributed by atoms with van der Waals surface area (Å²) in [7, 11) is -7.26. The van der Waals surface area contributed by atoms with Gasteiger partial charge < -0.3 is 5.32 Å². The van der Waals surface area contributed by atoms with Gasteiger partial charge in [0.2, 0.25) is 0 Å². The van der Waals surface area contributed by atoms with Crippen LogP contribution in [-0.4, -0.2) is 40.2 Å². The predicted octanol–water partition coefficient (Wildman–Crippen LogP) is 5.78. The zero-order valence-electron chi connectivity index (χ0n) is 19.6. The molecule has 0 aliphatic rings. The molecule has 0 aliphatic carbocycles. The first kappa shape index (κ1) is 26.8. The quantitative estimate of drug-likeness (QED) is 0.312. The fraction of sp³-hybridized carbons (Fsp3) is 0.0769. The van der Waals surface area contributed by atoms with Crippen molar-refractivity contribution >= 4 is 54.5 Å². The second-order valence-corrected chi connectivity index (χ2v) is 13.2. The highest BCUT2D eigenvalue weighted by molar-refractivity contribution is 7.91. The van der Waals surface area contributed by atoms with Crippen molar-refractivity contribution in [3.05, 3.63) is 94.6 Å². The molecule has 37 heavy (non-hydrogen) atoms. The maximum atomic E-state index is 13.4. The second kappa shape index (κ2) is 10.3. The van der Waals surface area contributed by atoms with Gasteiger partial charge in [-0.2, -0.15) is 0 Å². The lowest BCUT2D eigenvalue weighted by Crippen LogP contribution is -2.14. The van der Waals surface area contributed by atoms with E-state index >= 15 is 0 Å². The third kappa shape index (κ3) is 6.19. The Morgan fingerprint density at radius 1 is 0.784 bits per heavy atom. The van der Waals surface area contributed by atoms with Crippen molar-refractivity contribution in [1.29, 1.82) is 0 Å². The molecule has 0 bridgehead atoms. The predicted molar refractivity (Wildman–Crippen MR) is 146 cm³/mol. The first-order valence-electron chi connectivity index (χ1n) is 10.7. The van der Waals surface area contributed by atoms with Crippen LogP contribution >= 0.6 is 23.2 Å². The first-order valence-corrected chi connectivity index (χ1v) is 15.2. The normalized spacial score (nSPS) is 11.8. The Morgan fingerprint density at radius 2 is 1.51 bits per heavy atom. The number of rotatable bonds is 6. The van der Waals surface area contributed by atoms with Crippen molar-refractivity contribution in [3.8, 4) is 22.4 Å². The van der Waals surface area contributed by atoms with Gasteiger partial charge in [0, 0.05) is 40.5 Å². The zero-order chi connectivity index (χ0) is 27.0. The fourth-order valence-electron chi connectivity index (χ4n) is 3.64. The van der Waals surface area contributed by atoms with E-state index in [1.54, 1.807) is 36.5 Å². The van der Waals surface area contributed by atoms with Crippen molar-refractivity contribution in [2.24, 2.45) is 0 Å². The molecule has 4 aromatic rings. The summed E-state index contributed by atoms with van der Waals surface area (Å²) < 4.78 is 48.9. The van der Waals surface area contributed by atoms with Gasteiger partial charge in [-0.1, -0.05) is 29.3 Å². The summed E-state index contributed by atoms with van der Waals surface area (Å²) in [6, 6.07) is 18.4. The highest BCUT2D eigenvalue weighted by atomic mass is 35.5. The number of sulfone groups is 2. The summed E-state index contributed by atoms with van der Waals surface area (Å²) in [5, 5.41) is 3.36. The topological polar surface area (TPSA) is 110 Å². The zero-order valence-corrected chi connectivity index (χ0v) is 22.7. The van der Waals surface area contributed by atoms with Gasteiger partial charge in [-0.25, -0.2) is 16.8 Å². The average molecular weight is 575 g/mol. The van der Waals surface area contributed by atoms with Gasteiger partial charge >= 0.3 is 0 Å². The molecule has 0 radical (unpaired) electrons. The Morgan fingerprint density at radius 3 is 2.16 bits per heavy atom. The van der Waals surface area contributed by atoms with Crippen LogP contribution in [0.5, 0.6) is 0 Å². The van der Waals surface area contributed by atoms with E-state index in [-0.39, 0.29) is 31.5 Å². The minimum atomic E-state index is -3.63. The average Bonchev–Trinajstić information content (AvgIpc) is 2.84. The second-order valence-electron chi connectivity index (χ2n) is 8.29. The maximum absolute atomic E-state index is 13.4. The third-order valence-corrected chi connectivity index (χ3v) is 8.19.